The summed E-state index contributed by atoms with van der Waals surface area (Å²) in [4.78, 5) is 13.2. The molecule has 5 heteroatoms. The summed E-state index contributed by atoms with van der Waals surface area (Å²) in [6, 6.07) is 7.23. The van der Waals surface area contributed by atoms with Crippen molar-refractivity contribution in [3.8, 4) is 11.5 Å². The topological polar surface area (TPSA) is 35.5 Å². The van der Waals surface area contributed by atoms with Crippen LogP contribution in [0, 0.1) is 0 Å². The molecular formula is C15H11BrO3S. The molecule has 2 heterocycles. The molecule has 0 atom stereocenters. The van der Waals surface area contributed by atoms with E-state index in [0.29, 0.717) is 30.3 Å². The van der Waals surface area contributed by atoms with E-state index < -0.39 is 0 Å². The maximum absolute atomic E-state index is 12.1. The van der Waals surface area contributed by atoms with Gasteiger partial charge in [-0.05, 0) is 52.3 Å². The summed E-state index contributed by atoms with van der Waals surface area (Å²) in [6.07, 6.45) is 3.39. The standard InChI is InChI=1S/C15H11BrO3S/c16-11-8-12(20-9-11)2-3-13(17)10-1-4-14-15(7-10)19-6-5-18-14/h1-4,7-9H,5-6H2/b3-2+. The Morgan fingerprint density at radius 2 is 2.00 bits per heavy atom. The number of thiophene rings is 1. The summed E-state index contributed by atoms with van der Waals surface area (Å²) >= 11 is 4.97. The number of fused-ring (bicyclic) bond motifs is 1. The molecule has 1 aromatic carbocycles. The molecule has 0 unspecified atom stereocenters. The first-order chi connectivity index (χ1) is 9.72. The second kappa shape index (κ2) is 5.81. The van der Waals surface area contributed by atoms with Crippen molar-refractivity contribution in [2.75, 3.05) is 13.2 Å². The number of hydrogen-bond acceptors (Lipinski definition) is 4. The first kappa shape index (κ1) is 13.4. The summed E-state index contributed by atoms with van der Waals surface area (Å²) in [5.74, 6) is 1.28. The van der Waals surface area contributed by atoms with Crippen molar-refractivity contribution in [3.63, 3.8) is 0 Å². The fourth-order valence-corrected chi connectivity index (χ4v) is 3.20. The summed E-state index contributed by atoms with van der Waals surface area (Å²) in [7, 11) is 0. The molecule has 0 spiro atoms. The third-order valence-corrected chi connectivity index (χ3v) is 4.47. The molecule has 0 saturated carbocycles. The first-order valence-electron chi connectivity index (χ1n) is 6.08. The van der Waals surface area contributed by atoms with Crippen molar-refractivity contribution in [1.29, 1.82) is 0 Å². The average molecular weight is 351 g/mol. The monoisotopic (exact) mass is 350 g/mol. The molecule has 0 N–H and O–H groups in total. The molecule has 102 valence electrons. The van der Waals surface area contributed by atoms with Gasteiger partial charge in [-0.15, -0.1) is 11.3 Å². The third kappa shape index (κ3) is 2.94. The Hall–Kier alpha value is -1.59. The van der Waals surface area contributed by atoms with Gasteiger partial charge in [-0.1, -0.05) is 0 Å². The number of hydrogen-bond donors (Lipinski definition) is 0. The van der Waals surface area contributed by atoms with Crippen LogP contribution in [0.1, 0.15) is 15.2 Å². The van der Waals surface area contributed by atoms with E-state index in [-0.39, 0.29) is 5.78 Å². The van der Waals surface area contributed by atoms with E-state index in [2.05, 4.69) is 15.9 Å². The highest BCUT2D eigenvalue weighted by molar-refractivity contribution is 9.10. The zero-order valence-corrected chi connectivity index (χ0v) is 12.9. The molecule has 3 rings (SSSR count). The Labute approximate surface area is 129 Å². The van der Waals surface area contributed by atoms with Gasteiger partial charge in [-0.25, -0.2) is 0 Å². The van der Waals surface area contributed by atoms with Crippen LogP contribution < -0.4 is 9.47 Å². The van der Waals surface area contributed by atoms with Crippen molar-refractivity contribution in [2.24, 2.45) is 0 Å². The lowest BCUT2D eigenvalue weighted by atomic mass is 10.1. The van der Waals surface area contributed by atoms with Crippen molar-refractivity contribution in [3.05, 3.63) is 50.6 Å². The van der Waals surface area contributed by atoms with Gasteiger partial charge in [0, 0.05) is 20.3 Å². The van der Waals surface area contributed by atoms with Crippen LogP contribution in [0.4, 0.5) is 0 Å². The van der Waals surface area contributed by atoms with E-state index in [1.54, 1.807) is 35.6 Å². The molecular weight excluding hydrogens is 340 g/mol. The van der Waals surface area contributed by atoms with E-state index in [9.17, 15) is 4.79 Å². The maximum Gasteiger partial charge on any atom is 0.186 e. The third-order valence-electron chi connectivity index (χ3n) is 2.81. The largest absolute Gasteiger partial charge is 0.486 e. The van der Waals surface area contributed by atoms with Crippen LogP contribution in [0.3, 0.4) is 0 Å². The highest BCUT2D eigenvalue weighted by Gasteiger charge is 2.13. The number of ketones is 1. The second-order valence-corrected chi connectivity index (χ2v) is 6.08. The second-order valence-electron chi connectivity index (χ2n) is 4.22. The molecule has 2 aromatic rings. The zero-order valence-electron chi connectivity index (χ0n) is 10.5. The molecule has 0 saturated heterocycles. The van der Waals surface area contributed by atoms with Crippen LogP contribution in [-0.2, 0) is 0 Å². The van der Waals surface area contributed by atoms with Gasteiger partial charge in [-0.3, -0.25) is 4.79 Å². The Balaban J connectivity index is 1.78. The highest BCUT2D eigenvalue weighted by Crippen LogP contribution is 2.31. The fourth-order valence-electron chi connectivity index (χ4n) is 1.87. The molecule has 0 aliphatic carbocycles. The molecule has 20 heavy (non-hydrogen) atoms. The summed E-state index contributed by atoms with van der Waals surface area (Å²) in [5.41, 5.74) is 0.598. The van der Waals surface area contributed by atoms with Gasteiger partial charge in [0.15, 0.2) is 17.3 Å². The van der Waals surface area contributed by atoms with Crippen LogP contribution in [0.5, 0.6) is 11.5 Å². The number of ether oxygens (including phenoxy) is 2. The lowest BCUT2D eigenvalue weighted by Gasteiger charge is -2.18. The normalized spacial score (nSPS) is 13.7. The Morgan fingerprint density at radius 1 is 1.20 bits per heavy atom. The Bertz CT molecular complexity index is 676. The quantitative estimate of drug-likeness (QED) is 0.615. The number of allylic oxidation sites excluding steroid dienone is 1. The van der Waals surface area contributed by atoms with Crippen molar-refractivity contribution in [2.45, 2.75) is 0 Å². The minimum Gasteiger partial charge on any atom is -0.486 e. The summed E-state index contributed by atoms with van der Waals surface area (Å²) < 4.78 is 11.9. The fraction of sp³-hybridized carbons (Fsp3) is 0.133. The first-order valence-corrected chi connectivity index (χ1v) is 7.76. The van der Waals surface area contributed by atoms with Crippen LogP contribution >= 0.6 is 27.3 Å². The number of benzene rings is 1. The van der Waals surface area contributed by atoms with Crippen LogP contribution in [-0.4, -0.2) is 19.0 Å². The minimum atomic E-state index is -0.0495. The van der Waals surface area contributed by atoms with Gasteiger partial charge in [-0.2, -0.15) is 0 Å². The van der Waals surface area contributed by atoms with Crippen molar-refractivity contribution < 1.29 is 14.3 Å². The summed E-state index contributed by atoms with van der Waals surface area (Å²) in [5, 5.41) is 1.98. The average Bonchev–Trinajstić information content (AvgIpc) is 2.90. The lowest BCUT2D eigenvalue weighted by Crippen LogP contribution is -2.15. The molecule has 0 amide bonds. The SMILES string of the molecule is O=C(/C=C/c1cc(Br)cs1)c1ccc2c(c1)OCCO2. The van der Waals surface area contributed by atoms with Gasteiger partial charge >= 0.3 is 0 Å². The molecule has 1 aromatic heterocycles. The number of carbonyl (C=O) groups excluding carboxylic acids is 1. The minimum absolute atomic E-state index is 0.0495. The molecule has 1 aliphatic heterocycles. The van der Waals surface area contributed by atoms with Crippen LogP contribution in [0.2, 0.25) is 0 Å². The molecule has 1 aliphatic rings. The van der Waals surface area contributed by atoms with E-state index in [4.69, 9.17) is 9.47 Å². The van der Waals surface area contributed by atoms with E-state index in [1.807, 2.05) is 17.5 Å². The van der Waals surface area contributed by atoms with E-state index in [0.717, 1.165) is 9.35 Å². The maximum atomic E-state index is 12.1. The molecule has 0 fully saturated rings. The lowest BCUT2D eigenvalue weighted by molar-refractivity contribution is 0.104. The Kier molecular flexibility index (Phi) is 3.89. The van der Waals surface area contributed by atoms with Crippen molar-refractivity contribution >= 4 is 39.1 Å². The predicted molar refractivity (Wildman–Crippen MR) is 82.8 cm³/mol. The molecule has 0 radical (unpaired) electrons. The van der Waals surface area contributed by atoms with Gasteiger partial charge < -0.3 is 9.47 Å². The molecule has 3 nitrogen and oxygen atoms in total. The van der Waals surface area contributed by atoms with Crippen LogP contribution in [0.15, 0.2) is 40.2 Å². The number of carbonyl (C=O) groups is 1. The van der Waals surface area contributed by atoms with Gasteiger partial charge in [0.25, 0.3) is 0 Å². The zero-order chi connectivity index (χ0) is 13.9. The summed E-state index contributed by atoms with van der Waals surface area (Å²) in [6.45, 7) is 1.07. The number of rotatable bonds is 3. The van der Waals surface area contributed by atoms with E-state index in [1.165, 1.54) is 0 Å². The van der Waals surface area contributed by atoms with Gasteiger partial charge in [0.2, 0.25) is 0 Å². The van der Waals surface area contributed by atoms with Gasteiger partial charge in [0.1, 0.15) is 13.2 Å². The highest BCUT2D eigenvalue weighted by atomic mass is 79.9. The van der Waals surface area contributed by atoms with Crippen molar-refractivity contribution in [1.82, 2.24) is 0 Å². The van der Waals surface area contributed by atoms with Crippen LogP contribution in [0.25, 0.3) is 6.08 Å². The van der Waals surface area contributed by atoms with Gasteiger partial charge in [0.05, 0.1) is 0 Å². The molecule has 0 bridgehead atoms. The number of halogens is 1. The Morgan fingerprint density at radius 3 is 2.75 bits per heavy atom. The van der Waals surface area contributed by atoms with E-state index >= 15 is 0 Å². The smallest absolute Gasteiger partial charge is 0.186 e. The predicted octanol–water partition coefficient (Wildman–Crippen LogP) is 4.18.